The Labute approximate surface area is 86.8 Å². The fraction of sp³-hybridized carbons (Fsp3) is 0.200. The van der Waals surface area contributed by atoms with E-state index in [1.807, 2.05) is 36.4 Å². The first-order valence-corrected chi connectivity index (χ1v) is 6.44. The summed E-state index contributed by atoms with van der Waals surface area (Å²) in [6.07, 6.45) is 4.78. The van der Waals surface area contributed by atoms with Gasteiger partial charge in [-0.05, 0) is 24.3 Å². The van der Waals surface area contributed by atoms with Crippen molar-refractivity contribution >= 4 is 23.7 Å². The van der Waals surface area contributed by atoms with E-state index in [-0.39, 0.29) is 5.66 Å². The SMILES string of the molecule is O=[P+]1CC=CC1c1ccc(Br)cc1. The largest absolute Gasteiger partial charge is 0.354 e. The van der Waals surface area contributed by atoms with Gasteiger partial charge in [-0.2, -0.15) is 0 Å². The molecule has 1 aromatic carbocycles. The van der Waals surface area contributed by atoms with E-state index in [1.165, 1.54) is 0 Å². The molecule has 0 spiro atoms. The van der Waals surface area contributed by atoms with Crippen molar-refractivity contribution in [1.82, 2.24) is 0 Å². The van der Waals surface area contributed by atoms with Crippen molar-refractivity contribution in [1.29, 1.82) is 0 Å². The van der Waals surface area contributed by atoms with Crippen LogP contribution in [0.15, 0.2) is 40.9 Å². The maximum atomic E-state index is 11.5. The summed E-state index contributed by atoms with van der Waals surface area (Å²) in [6.45, 7) is 0. The summed E-state index contributed by atoms with van der Waals surface area (Å²) in [5.41, 5.74) is 1.29. The van der Waals surface area contributed by atoms with Crippen LogP contribution in [0.3, 0.4) is 0 Å². The van der Waals surface area contributed by atoms with Gasteiger partial charge in [-0.3, -0.25) is 0 Å². The van der Waals surface area contributed by atoms with E-state index in [2.05, 4.69) is 15.9 Å². The predicted octanol–water partition coefficient (Wildman–Crippen LogP) is 3.89. The second-order valence-electron chi connectivity index (χ2n) is 3.02. The lowest BCUT2D eigenvalue weighted by Crippen LogP contribution is -1.85. The van der Waals surface area contributed by atoms with Crippen LogP contribution < -0.4 is 0 Å². The van der Waals surface area contributed by atoms with Crippen molar-refractivity contribution in [3.63, 3.8) is 0 Å². The highest BCUT2D eigenvalue weighted by atomic mass is 79.9. The highest BCUT2D eigenvalue weighted by molar-refractivity contribution is 9.10. The zero-order valence-electron chi connectivity index (χ0n) is 6.98. The standard InChI is InChI=1S/C10H9BrOP/c11-9-5-3-8(4-6-9)10-2-1-7-13(10)12/h1-6,10H,7H2/q+1. The molecule has 13 heavy (non-hydrogen) atoms. The van der Waals surface area contributed by atoms with E-state index in [0.717, 1.165) is 16.2 Å². The van der Waals surface area contributed by atoms with Gasteiger partial charge in [0.05, 0.1) is 0 Å². The van der Waals surface area contributed by atoms with Crippen LogP contribution in [0.1, 0.15) is 11.2 Å². The molecule has 66 valence electrons. The van der Waals surface area contributed by atoms with Crippen LogP contribution in [-0.4, -0.2) is 6.16 Å². The monoisotopic (exact) mass is 255 g/mol. The van der Waals surface area contributed by atoms with Crippen LogP contribution in [-0.2, 0) is 4.57 Å². The Bertz CT molecular complexity index is 356. The molecule has 1 aliphatic heterocycles. The maximum Gasteiger partial charge on any atom is 0.354 e. The maximum absolute atomic E-state index is 11.5. The third kappa shape index (κ3) is 1.90. The second kappa shape index (κ2) is 3.73. The Hall–Kier alpha value is -0.460. The lowest BCUT2D eigenvalue weighted by molar-refractivity contribution is 0.587. The summed E-state index contributed by atoms with van der Waals surface area (Å²) in [5, 5.41) is 0. The first kappa shape index (κ1) is 9.11. The molecule has 1 aromatic rings. The van der Waals surface area contributed by atoms with Gasteiger partial charge in [0, 0.05) is 10.0 Å². The molecule has 0 N–H and O–H groups in total. The molecule has 0 amide bonds. The van der Waals surface area contributed by atoms with Crippen LogP contribution in [0.5, 0.6) is 0 Å². The van der Waals surface area contributed by atoms with E-state index in [9.17, 15) is 4.57 Å². The molecule has 0 aliphatic carbocycles. The lowest BCUT2D eigenvalue weighted by Gasteiger charge is -1.98. The zero-order valence-corrected chi connectivity index (χ0v) is 9.46. The molecule has 0 aromatic heterocycles. The molecule has 2 unspecified atom stereocenters. The van der Waals surface area contributed by atoms with Crippen LogP contribution >= 0.6 is 23.7 Å². The smallest absolute Gasteiger partial charge is 0.0734 e. The molecule has 3 heteroatoms. The molecule has 0 fully saturated rings. The van der Waals surface area contributed by atoms with E-state index in [1.54, 1.807) is 0 Å². The first-order chi connectivity index (χ1) is 6.27. The van der Waals surface area contributed by atoms with Crippen LogP contribution in [0.4, 0.5) is 0 Å². The number of benzene rings is 1. The Morgan fingerprint density at radius 2 is 2.00 bits per heavy atom. The fourth-order valence-corrected chi connectivity index (χ4v) is 3.08. The summed E-state index contributed by atoms with van der Waals surface area (Å²) in [7, 11) is -1.09. The van der Waals surface area contributed by atoms with Gasteiger partial charge in [0.15, 0.2) is 11.8 Å². The Kier molecular flexibility index (Phi) is 2.61. The molecule has 0 bridgehead atoms. The molecule has 2 atom stereocenters. The summed E-state index contributed by atoms with van der Waals surface area (Å²) < 4.78 is 12.6. The molecular formula is C10H9BrOP+. The average molecular weight is 256 g/mol. The summed E-state index contributed by atoms with van der Waals surface area (Å²) in [4.78, 5) is 0. The minimum Gasteiger partial charge on any atom is -0.0734 e. The molecule has 0 saturated carbocycles. The van der Waals surface area contributed by atoms with Gasteiger partial charge >= 0.3 is 7.80 Å². The molecule has 2 rings (SSSR count). The minimum atomic E-state index is -1.09. The van der Waals surface area contributed by atoms with E-state index in [0.29, 0.717) is 0 Å². The summed E-state index contributed by atoms with van der Waals surface area (Å²) >= 11 is 3.38. The van der Waals surface area contributed by atoms with Gasteiger partial charge in [0.25, 0.3) is 0 Å². The van der Waals surface area contributed by atoms with Gasteiger partial charge in [0.2, 0.25) is 0 Å². The number of hydrogen-bond donors (Lipinski definition) is 0. The molecule has 1 heterocycles. The number of hydrogen-bond acceptors (Lipinski definition) is 1. The van der Waals surface area contributed by atoms with Gasteiger partial charge in [-0.15, -0.1) is 0 Å². The average Bonchev–Trinajstić information content (AvgIpc) is 2.53. The van der Waals surface area contributed by atoms with Crippen molar-refractivity contribution in [3.8, 4) is 0 Å². The Morgan fingerprint density at radius 1 is 1.31 bits per heavy atom. The van der Waals surface area contributed by atoms with Crippen molar-refractivity contribution in [2.75, 3.05) is 6.16 Å². The third-order valence-electron chi connectivity index (χ3n) is 2.13. The molecule has 0 saturated heterocycles. The second-order valence-corrected chi connectivity index (χ2v) is 5.70. The molecule has 1 nitrogen and oxygen atoms in total. The molecule has 1 aliphatic rings. The van der Waals surface area contributed by atoms with E-state index < -0.39 is 7.80 Å². The van der Waals surface area contributed by atoms with Crippen molar-refractivity contribution in [3.05, 3.63) is 46.5 Å². The van der Waals surface area contributed by atoms with E-state index in [4.69, 9.17) is 0 Å². The highest BCUT2D eigenvalue weighted by Crippen LogP contribution is 2.46. The number of allylic oxidation sites excluding steroid dienone is 2. The van der Waals surface area contributed by atoms with Crippen LogP contribution in [0, 0.1) is 0 Å². The van der Waals surface area contributed by atoms with Crippen LogP contribution in [0.2, 0.25) is 0 Å². The molecular weight excluding hydrogens is 247 g/mol. The number of halogens is 1. The molecule has 0 radical (unpaired) electrons. The lowest BCUT2D eigenvalue weighted by atomic mass is 10.1. The number of rotatable bonds is 1. The Balaban J connectivity index is 2.30. The topological polar surface area (TPSA) is 17.1 Å². The van der Waals surface area contributed by atoms with Gasteiger partial charge in [-0.25, -0.2) is 0 Å². The van der Waals surface area contributed by atoms with Crippen molar-refractivity contribution in [2.45, 2.75) is 5.66 Å². The first-order valence-electron chi connectivity index (χ1n) is 4.13. The van der Waals surface area contributed by atoms with Crippen molar-refractivity contribution < 1.29 is 4.57 Å². The zero-order chi connectivity index (χ0) is 9.26. The van der Waals surface area contributed by atoms with E-state index >= 15 is 0 Å². The normalized spacial score (nSPS) is 23.8. The summed E-state index contributed by atoms with van der Waals surface area (Å²) in [5.74, 6) is 0. The predicted molar refractivity (Wildman–Crippen MR) is 58.5 cm³/mol. The van der Waals surface area contributed by atoms with Crippen LogP contribution in [0.25, 0.3) is 0 Å². The van der Waals surface area contributed by atoms with Gasteiger partial charge < -0.3 is 0 Å². The van der Waals surface area contributed by atoms with Gasteiger partial charge in [0.1, 0.15) is 0 Å². The summed E-state index contributed by atoms with van der Waals surface area (Å²) in [6, 6.07) is 8.03. The third-order valence-corrected chi connectivity index (χ3v) is 4.32. The fourth-order valence-electron chi connectivity index (χ4n) is 1.44. The Morgan fingerprint density at radius 3 is 2.54 bits per heavy atom. The van der Waals surface area contributed by atoms with Crippen molar-refractivity contribution in [2.24, 2.45) is 0 Å². The highest BCUT2D eigenvalue weighted by Gasteiger charge is 2.32. The quantitative estimate of drug-likeness (QED) is 0.550. The van der Waals surface area contributed by atoms with Gasteiger partial charge in [-0.1, -0.05) is 32.6 Å². The minimum absolute atomic E-state index is 0.142.